The fourth-order valence-corrected chi connectivity index (χ4v) is 1.30. The Kier molecular flexibility index (Phi) is 2.06. The number of nitrogens with one attached hydrogen (secondary N) is 1. The first kappa shape index (κ1) is 7.69. The van der Waals surface area contributed by atoms with Crippen molar-refractivity contribution in [1.82, 2.24) is 5.48 Å². The van der Waals surface area contributed by atoms with E-state index in [-0.39, 0.29) is 5.78 Å². The molecule has 0 heterocycles. The minimum atomic E-state index is -0.655. The molecule has 2 N–H and O–H groups in total. The van der Waals surface area contributed by atoms with E-state index in [1.54, 1.807) is 6.92 Å². The van der Waals surface area contributed by atoms with Crippen LogP contribution in [0, 0.1) is 0 Å². The Morgan fingerprint density at radius 1 is 1.60 bits per heavy atom. The van der Waals surface area contributed by atoms with Gasteiger partial charge >= 0.3 is 0 Å². The van der Waals surface area contributed by atoms with E-state index in [4.69, 9.17) is 5.21 Å². The molecule has 0 unspecified atom stereocenters. The molecule has 1 aliphatic rings. The zero-order valence-corrected chi connectivity index (χ0v) is 6.18. The lowest BCUT2D eigenvalue weighted by Crippen LogP contribution is -2.49. The molecular formula is C7H13NO2. The maximum absolute atomic E-state index is 11.1. The second-order valence-electron chi connectivity index (χ2n) is 3.07. The minimum absolute atomic E-state index is 0.126. The van der Waals surface area contributed by atoms with Crippen LogP contribution in [-0.4, -0.2) is 16.5 Å². The molecule has 0 aromatic rings. The van der Waals surface area contributed by atoms with E-state index in [0.29, 0.717) is 6.42 Å². The first-order chi connectivity index (χ1) is 4.69. The molecule has 0 bridgehead atoms. The Hall–Kier alpha value is -0.410. The molecular weight excluding hydrogens is 130 g/mol. The third kappa shape index (κ3) is 1.20. The minimum Gasteiger partial charge on any atom is -0.316 e. The summed E-state index contributed by atoms with van der Waals surface area (Å²) in [7, 11) is 0. The molecule has 1 saturated carbocycles. The third-order valence-corrected chi connectivity index (χ3v) is 2.19. The molecule has 1 atom stereocenters. The molecule has 0 saturated heterocycles. The molecule has 0 aromatic carbocycles. The highest BCUT2D eigenvalue weighted by Crippen LogP contribution is 2.23. The second kappa shape index (κ2) is 2.68. The highest BCUT2D eigenvalue weighted by Gasteiger charge is 2.34. The molecule has 3 heteroatoms. The Balaban J connectivity index is 2.63. The van der Waals surface area contributed by atoms with Gasteiger partial charge in [-0.3, -0.25) is 4.79 Å². The maximum Gasteiger partial charge on any atom is 0.154 e. The summed E-state index contributed by atoms with van der Waals surface area (Å²) in [6.45, 7) is 1.74. The predicted octanol–water partition coefficient (Wildman–Crippen LogP) is 0.867. The topological polar surface area (TPSA) is 49.3 Å². The van der Waals surface area contributed by atoms with Gasteiger partial charge in [0, 0.05) is 6.42 Å². The monoisotopic (exact) mass is 143 g/mol. The van der Waals surface area contributed by atoms with Crippen LogP contribution in [0.1, 0.15) is 32.6 Å². The number of carbonyl (C=O) groups excluding carboxylic acids is 1. The van der Waals surface area contributed by atoms with Gasteiger partial charge in [-0.15, -0.1) is 0 Å². The molecule has 0 amide bonds. The Labute approximate surface area is 60.4 Å². The van der Waals surface area contributed by atoms with E-state index in [2.05, 4.69) is 5.48 Å². The normalized spacial score (nSPS) is 34.4. The number of rotatable bonds is 1. The lowest BCUT2D eigenvalue weighted by molar-refractivity contribution is -0.131. The SMILES string of the molecule is C[C@]1(NO)CCCCC1=O. The van der Waals surface area contributed by atoms with Crippen LogP contribution in [0.25, 0.3) is 0 Å². The van der Waals surface area contributed by atoms with Gasteiger partial charge in [-0.25, -0.2) is 0 Å². The van der Waals surface area contributed by atoms with Crippen LogP contribution in [0.4, 0.5) is 0 Å². The van der Waals surface area contributed by atoms with Gasteiger partial charge in [0.1, 0.15) is 0 Å². The Morgan fingerprint density at radius 2 is 2.30 bits per heavy atom. The molecule has 0 radical (unpaired) electrons. The van der Waals surface area contributed by atoms with Gasteiger partial charge in [-0.2, -0.15) is 5.48 Å². The molecule has 1 rings (SSSR count). The molecule has 58 valence electrons. The van der Waals surface area contributed by atoms with Crippen LogP contribution in [0.3, 0.4) is 0 Å². The standard InChI is InChI=1S/C7H13NO2/c1-7(8-10)5-3-2-4-6(7)9/h8,10H,2-5H2,1H3/t7-/m0/s1. The average molecular weight is 143 g/mol. The van der Waals surface area contributed by atoms with E-state index in [9.17, 15) is 4.79 Å². The second-order valence-corrected chi connectivity index (χ2v) is 3.07. The molecule has 1 fully saturated rings. The fourth-order valence-electron chi connectivity index (χ4n) is 1.30. The Bertz CT molecular complexity index is 147. The van der Waals surface area contributed by atoms with Crippen molar-refractivity contribution in [2.24, 2.45) is 0 Å². The first-order valence-electron chi connectivity index (χ1n) is 3.63. The summed E-state index contributed by atoms with van der Waals surface area (Å²) in [6, 6.07) is 0. The summed E-state index contributed by atoms with van der Waals surface area (Å²) in [5.41, 5.74) is 1.43. The number of hydrogen-bond acceptors (Lipinski definition) is 3. The smallest absolute Gasteiger partial charge is 0.154 e. The third-order valence-electron chi connectivity index (χ3n) is 2.19. The van der Waals surface area contributed by atoms with Crippen molar-refractivity contribution in [2.75, 3.05) is 0 Å². The molecule has 3 nitrogen and oxygen atoms in total. The van der Waals surface area contributed by atoms with Crippen molar-refractivity contribution in [3.05, 3.63) is 0 Å². The summed E-state index contributed by atoms with van der Waals surface area (Å²) in [5, 5.41) is 8.65. The van der Waals surface area contributed by atoms with Crippen molar-refractivity contribution in [1.29, 1.82) is 0 Å². The van der Waals surface area contributed by atoms with E-state index in [1.807, 2.05) is 0 Å². The summed E-state index contributed by atoms with van der Waals surface area (Å²) >= 11 is 0. The van der Waals surface area contributed by atoms with E-state index >= 15 is 0 Å². The van der Waals surface area contributed by atoms with Gasteiger partial charge in [-0.05, 0) is 19.8 Å². The van der Waals surface area contributed by atoms with Crippen LogP contribution in [0.2, 0.25) is 0 Å². The molecule has 0 aromatic heterocycles. The first-order valence-corrected chi connectivity index (χ1v) is 3.63. The van der Waals surface area contributed by atoms with Crippen LogP contribution < -0.4 is 5.48 Å². The fraction of sp³-hybridized carbons (Fsp3) is 0.857. The average Bonchev–Trinajstić information content (AvgIpc) is 1.96. The summed E-state index contributed by atoms with van der Waals surface area (Å²) in [6.07, 6.45) is 3.35. The van der Waals surface area contributed by atoms with Gasteiger partial charge in [0.25, 0.3) is 0 Å². The molecule has 0 aliphatic heterocycles. The lowest BCUT2D eigenvalue weighted by Gasteiger charge is -2.29. The van der Waals surface area contributed by atoms with Gasteiger partial charge in [0.2, 0.25) is 0 Å². The van der Waals surface area contributed by atoms with Gasteiger partial charge in [-0.1, -0.05) is 6.42 Å². The number of hydrogen-bond donors (Lipinski definition) is 2. The highest BCUT2D eigenvalue weighted by molar-refractivity contribution is 5.88. The van der Waals surface area contributed by atoms with Crippen LogP contribution in [-0.2, 0) is 4.79 Å². The summed E-state index contributed by atoms with van der Waals surface area (Å²) in [4.78, 5) is 11.1. The zero-order chi connectivity index (χ0) is 7.61. The van der Waals surface area contributed by atoms with Crippen molar-refractivity contribution in [3.63, 3.8) is 0 Å². The lowest BCUT2D eigenvalue weighted by atomic mass is 9.83. The number of carbonyl (C=O) groups is 1. The summed E-state index contributed by atoms with van der Waals surface area (Å²) in [5.74, 6) is 0.126. The number of ketones is 1. The summed E-state index contributed by atoms with van der Waals surface area (Å²) < 4.78 is 0. The van der Waals surface area contributed by atoms with Crippen LogP contribution in [0.15, 0.2) is 0 Å². The van der Waals surface area contributed by atoms with E-state index < -0.39 is 5.54 Å². The predicted molar refractivity (Wildman–Crippen MR) is 36.8 cm³/mol. The van der Waals surface area contributed by atoms with Gasteiger partial charge in [0.05, 0.1) is 5.54 Å². The molecule has 0 spiro atoms. The van der Waals surface area contributed by atoms with Crippen LogP contribution >= 0.6 is 0 Å². The van der Waals surface area contributed by atoms with E-state index in [1.165, 1.54) is 0 Å². The van der Waals surface area contributed by atoms with Crippen molar-refractivity contribution < 1.29 is 10.0 Å². The maximum atomic E-state index is 11.1. The van der Waals surface area contributed by atoms with Gasteiger partial charge < -0.3 is 5.21 Å². The Morgan fingerprint density at radius 3 is 2.70 bits per heavy atom. The van der Waals surface area contributed by atoms with Crippen LogP contribution in [0.5, 0.6) is 0 Å². The van der Waals surface area contributed by atoms with Crippen molar-refractivity contribution >= 4 is 5.78 Å². The molecule has 1 aliphatic carbocycles. The zero-order valence-electron chi connectivity index (χ0n) is 6.18. The highest BCUT2D eigenvalue weighted by atomic mass is 16.5. The quantitative estimate of drug-likeness (QED) is 0.535. The number of Topliss-reactive ketones (excluding diaryl/α,β-unsaturated/α-hetero) is 1. The number of hydroxylamine groups is 1. The van der Waals surface area contributed by atoms with Gasteiger partial charge in [0.15, 0.2) is 5.78 Å². The van der Waals surface area contributed by atoms with Crippen molar-refractivity contribution in [2.45, 2.75) is 38.1 Å². The van der Waals surface area contributed by atoms with E-state index in [0.717, 1.165) is 19.3 Å². The van der Waals surface area contributed by atoms with Crippen molar-refractivity contribution in [3.8, 4) is 0 Å². The molecule has 10 heavy (non-hydrogen) atoms. The largest absolute Gasteiger partial charge is 0.316 e.